The zero-order chi connectivity index (χ0) is 16.2. The van der Waals surface area contributed by atoms with Crippen LogP contribution in [0.4, 0.5) is 0 Å². The van der Waals surface area contributed by atoms with E-state index < -0.39 is 6.04 Å². The molecule has 2 amide bonds. The van der Waals surface area contributed by atoms with E-state index >= 15 is 0 Å². The van der Waals surface area contributed by atoms with Gasteiger partial charge < -0.3 is 10.2 Å². The first-order chi connectivity index (χ1) is 9.72. The fourth-order valence-corrected chi connectivity index (χ4v) is 2.85. The van der Waals surface area contributed by atoms with Crippen molar-refractivity contribution in [3.8, 4) is 0 Å². The monoisotopic (exact) mass is 296 g/mol. The van der Waals surface area contributed by atoms with Gasteiger partial charge in [0.15, 0.2) is 0 Å². The third kappa shape index (κ3) is 4.45. The molecule has 3 atom stereocenters. The van der Waals surface area contributed by atoms with Gasteiger partial charge >= 0.3 is 0 Å². The number of rotatable bonds is 6. The molecule has 0 aliphatic carbocycles. The van der Waals surface area contributed by atoms with Gasteiger partial charge in [-0.3, -0.25) is 9.59 Å². The molecule has 0 aromatic carbocycles. The van der Waals surface area contributed by atoms with Crippen LogP contribution in [0.15, 0.2) is 0 Å². The summed E-state index contributed by atoms with van der Waals surface area (Å²) >= 11 is 0. The number of carbonyl (C=O) groups excluding carboxylic acids is 2. The third-order valence-corrected chi connectivity index (χ3v) is 4.53. The Morgan fingerprint density at radius 1 is 1.24 bits per heavy atom. The standard InChI is InChI=1S/C17H32N2O2/c1-7-9-10-13(8-2)11-19-12(3)15(20)18-14(16(19)21)17(4,5)6/h12-14H,7-11H2,1-6H3,(H,18,20). The van der Waals surface area contributed by atoms with Crippen LogP contribution in [-0.4, -0.2) is 35.3 Å². The molecule has 0 aromatic heterocycles. The molecule has 1 aliphatic heterocycles. The highest BCUT2D eigenvalue weighted by atomic mass is 16.2. The van der Waals surface area contributed by atoms with Gasteiger partial charge in [0.1, 0.15) is 12.1 Å². The summed E-state index contributed by atoms with van der Waals surface area (Å²) in [6, 6.07) is -0.767. The fraction of sp³-hybridized carbons (Fsp3) is 0.882. The van der Waals surface area contributed by atoms with E-state index in [1.54, 1.807) is 4.90 Å². The summed E-state index contributed by atoms with van der Waals surface area (Å²) in [5.74, 6) is 0.535. The Kier molecular flexibility index (Phi) is 6.24. The van der Waals surface area contributed by atoms with Crippen LogP contribution < -0.4 is 5.32 Å². The van der Waals surface area contributed by atoms with Crippen molar-refractivity contribution in [2.75, 3.05) is 6.54 Å². The number of unbranched alkanes of at least 4 members (excludes halogenated alkanes) is 1. The van der Waals surface area contributed by atoms with Crippen LogP contribution in [0, 0.1) is 11.3 Å². The van der Waals surface area contributed by atoms with E-state index in [-0.39, 0.29) is 23.3 Å². The molecular weight excluding hydrogens is 264 g/mol. The normalized spacial score (nSPS) is 25.0. The number of nitrogens with one attached hydrogen (secondary N) is 1. The smallest absolute Gasteiger partial charge is 0.246 e. The molecule has 0 radical (unpaired) electrons. The zero-order valence-electron chi connectivity index (χ0n) is 14.5. The molecule has 4 heteroatoms. The van der Waals surface area contributed by atoms with E-state index in [2.05, 4.69) is 19.2 Å². The summed E-state index contributed by atoms with van der Waals surface area (Å²) in [7, 11) is 0. The minimum Gasteiger partial charge on any atom is -0.342 e. The molecule has 1 rings (SSSR count). The average molecular weight is 296 g/mol. The molecule has 1 aliphatic rings. The van der Waals surface area contributed by atoms with E-state index in [9.17, 15) is 9.59 Å². The van der Waals surface area contributed by atoms with E-state index in [1.807, 2.05) is 27.7 Å². The Bertz CT molecular complexity index is 373. The van der Waals surface area contributed by atoms with Crippen molar-refractivity contribution in [2.24, 2.45) is 11.3 Å². The van der Waals surface area contributed by atoms with Crippen molar-refractivity contribution in [1.29, 1.82) is 0 Å². The minimum atomic E-state index is -0.412. The molecule has 1 N–H and O–H groups in total. The number of amides is 2. The molecule has 0 saturated carbocycles. The van der Waals surface area contributed by atoms with Gasteiger partial charge in [0.2, 0.25) is 11.8 Å². The van der Waals surface area contributed by atoms with Gasteiger partial charge in [-0.15, -0.1) is 0 Å². The molecule has 0 bridgehead atoms. The van der Waals surface area contributed by atoms with Crippen LogP contribution in [0.5, 0.6) is 0 Å². The Morgan fingerprint density at radius 3 is 2.33 bits per heavy atom. The first-order valence-corrected chi connectivity index (χ1v) is 8.33. The summed E-state index contributed by atoms with van der Waals surface area (Å²) in [5, 5.41) is 2.89. The highest BCUT2D eigenvalue weighted by molar-refractivity contribution is 5.97. The van der Waals surface area contributed by atoms with Gasteiger partial charge in [0, 0.05) is 6.54 Å². The van der Waals surface area contributed by atoms with Gasteiger partial charge in [-0.05, 0) is 24.7 Å². The lowest BCUT2D eigenvalue weighted by Crippen LogP contribution is -2.66. The lowest BCUT2D eigenvalue weighted by atomic mass is 9.83. The largest absolute Gasteiger partial charge is 0.342 e. The maximum absolute atomic E-state index is 12.8. The Morgan fingerprint density at radius 2 is 1.86 bits per heavy atom. The molecule has 0 spiro atoms. The Balaban J connectivity index is 2.86. The predicted molar refractivity (Wildman–Crippen MR) is 85.9 cm³/mol. The molecule has 122 valence electrons. The van der Waals surface area contributed by atoms with Crippen molar-refractivity contribution in [3.63, 3.8) is 0 Å². The first-order valence-electron chi connectivity index (χ1n) is 8.33. The van der Waals surface area contributed by atoms with E-state index in [0.29, 0.717) is 12.5 Å². The maximum atomic E-state index is 12.8. The third-order valence-electron chi connectivity index (χ3n) is 4.53. The van der Waals surface area contributed by atoms with Gasteiger partial charge in [-0.1, -0.05) is 53.9 Å². The molecule has 1 fully saturated rings. The number of hydrogen-bond acceptors (Lipinski definition) is 2. The first kappa shape index (κ1) is 18.0. The molecule has 0 aromatic rings. The molecule has 1 saturated heterocycles. The summed E-state index contributed by atoms with van der Waals surface area (Å²) < 4.78 is 0. The van der Waals surface area contributed by atoms with Crippen LogP contribution >= 0.6 is 0 Å². The fourth-order valence-electron chi connectivity index (χ4n) is 2.85. The van der Waals surface area contributed by atoms with Crippen LogP contribution in [0.1, 0.15) is 67.2 Å². The van der Waals surface area contributed by atoms with E-state index in [0.717, 1.165) is 12.8 Å². The number of hydrogen-bond donors (Lipinski definition) is 1. The van der Waals surface area contributed by atoms with Crippen LogP contribution in [0.3, 0.4) is 0 Å². The highest BCUT2D eigenvalue weighted by Gasteiger charge is 2.43. The van der Waals surface area contributed by atoms with Crippen molar-refractivity contribution in [1.82, 2.24) is 10.2 Å². The SMILES string of the molecule is CCCCC(CC)CN1C(=O)C(C(C)(C)C)NC(=O)C1C. The van der Waals surface area contributed by atoms with Crippen LogP contribution in [0.25, 0.3) is 0 Å². The van der Waals surface area contributed by atoms with Crippen molar-refractivity contribution in [3.05, 3.63) is 0 Å². The summed E-state index contributed by atoms with van der Waals surface area (Å²) in [4.78, 5) is 26.8. The second-order valence-corrected chi connectivity index (χ2v) is 7.39. The predicted octanol–water partition coefficient (Wildman–Crippen LogP) is 2.96. The zero-order valence-corrected chi connectivity index (χ0v) is 14.5. The summed E-state index contributed by atoms with van der Waals surface area (Å²) in [6.07, 6.45) is 4.54. The Labute approximate surface area is 129 Å². The molecule has 3 unspecified atom stereocenters. The van der Waals surface area contributed by atoms with Gasteiger partial charge in [-0.25, -0.2) is 0 Å². The minimum absolute atomic E-state index is 0.0279. The maximum Gasteiger partial charge on any atom is 0.246 e. The second-order valence-electron chi connectivity index (χ2n) is 7.39. The van der Waals surface area contributed by atoms with E-state index in [4.69, 9.17) is 0 Å². The molecular formula is C17H32N2O2. The molecule has 4 nitrogen and oxygen atoms in total. The number of piperazine rings is 1. The summed E-state index contributed by atoms with van der Waals surface area (Å²) in [6.45, 7) is 12.9. The van der Waals surface area contributed by atoms with Crippen LogP contribution in [-0.2, 0) is 9.59 Å². The number of carbonyl (C=O) groups is 2. The topological polar surface area (TPSA) is 49.4 Å². The molecule has 1 heterocycles. The lowest BCUT2D eigenvalue weighted by molar-refractivity contribution is -0.152. The van der Waals surface area contributed by atoms with E-state index in [1.165, 1.54) is 12.8 Å². The van der Waals surface area contributed by atoms with Gasteiger partial charge in [0.05, 0.1) is 0 Å². The van der Waals surface area contributed by atoms with Gasteiger partial charge in [-0.2, -0.15) is 0 Å². The second kappa shape index (κ2) is 7.28. The van der Waals surface area contributed by atoms with Crippen LogP contribution in [0.2, 0.25) is 0 Å². The van der Waals surface area contributed by atoms with Crippen molar-refractivity contribution >= 4 is 11.8 Å². The lowest BCUT2D eigenvalue weighted by Gasteiger charge is -2.43. The highest BCUT2D eigenvalue weighted by Crippen LogP contribution is 2.26. The van der Waals surface area contributed by atoms with Crippen molar-refractivity contribution in [2.45, 2.75) is 79.3 Å². The van der Waals surface area contributed by atoms with Gasteiger partial charge in [0.25, 0.3) is 0 Å². The van der Waals surface area contributed by atoms with Crippen molar-refractivity contribution < 1.29 is 9.59 Å². The quantitative estimate of drug-likeness (QED) is 0.819. The Hall–Kier alpha value is -1.06. The molecule has 21 heavy (non-hydrogen) atoms. The number of nitrogens with zero attached hydrogens (tertiary/aromatic N) is 1. The summed E-state index contributed by atoms with van der Waals surface area (Å²) in [5.41, 5.74) is -0.254. The average Bonchev–Trinajstić information content (AvgIpc) is 2.41.